The second kappa shape index (κ2) is 10.7. The van der Waals surface area contributed by atoms with Crippen LogP contribution in [0.3, 0.4) is 0 Å². The van der Waals surface area contributed by atoms with E-state index in [0.717, 1.165) is 5.56 Å². The van der Waals surface area contributed by atoms with E-state index in [1.807, 2.05) is 25.1 Å². The summed E-state index contributed by atoms with van der Waals surface area (Å²) in [4.78, 5) is 16.8. The molecule has 10 heteroatoms. The van der Waals surface area contributed by atoms with Crippen LogP contribution in [0, 0.1) is 6.92 Å². The number of nitrogens with zero attached hydrogens (tertiary/aromatic N) is 1. The average Bonchev–Trinajstić information content (AvgIpc) is 3.50. The molecular formula is C28H19Cl2N3O4S. The lowest BCUT2D eigenvalue weighted by Crippen LogP contribution is -2.32. The number of halogens is 2. The molecule has 0 aliphatic carbocycles. The SMILES string of the molecule is Cc1ccc2nc(-c3cc(NC(=S)NC(=O)/C=C/c4ccc(-c5ccc(Cl)cc5Cl)o4)ccc3O)oc2c1. The van der Waals surface area contributed by atoms with Crippen LogP contribution in [0.15, 0.2) is 81.6 Å². The smallest absolute Gasteiger partial charge is 0.250 e. The Morgan fingerprint density at radius 2 is 1.84 bits per heavy atom. The fourth-order valence-electron chi connectivity index (χ4n) is 3.68. The largest absolute Gasteiger partial charge is 0.507 e. The first-order valence-electron chi connectivity index (χ1n) is 11.3. The second-order valence-electron chi connectivity index (χ2n) is 8.33. The van der Waals surface area contributed by atoms with Crippen LogP contribution in [-0.2, 0) is 4.79 Å². The minimum absolute atomic E-state index is 0.00517. The van der Waals surface area contributed by atoms with E-state index in [1.54, 1.807) is 42.5 Å². The van der Waals surface area contributed by atoms with Crippen molar-refractivity contribution in [2.24, 2.45) is 0 Å². The van der Waals surface area contributed by atoms with Crippen molar-refractivity contribution in [3.8, 4) is 28.5 Å². The van der Waals surface area contributed by atoms with Gasteiger partial charge in [-0.1, -0.05) is 29.3 Å². The zero-order valence-electron chi connectivity index (χ0n) is 19.8. The summed E-state index contributed by atoms with van der Waals surface area (Å²) in [5, 5.41) is 16.9. The Balaban J connectivity index is 1.23. The van der Waals surface area contributed by atoms with Gasteiger partial charge in [0.25, 0.3) is 0 Å². The zero-order chi connectivity index (χ0) is 26.8. The number of hydrogen-bond donors (Lipinski definition) is 3. The number of amides is 1. The average molecular weight is 564 g/mol. The van der Waals surface area contributed by atoms with E-state index in [-0.39, 0.29) is 16.8 Å². The maximum absolute atomic E-state index is 12.4. The summed E-state index contributed by atoms with van der Waals surface area (Å²) in [6.45, 7) is 1.96. The van der Waals surface area contributed by atoms with E-state index < -0.39 is 5.91 Å². The highest BCUT2D eigenvalue weighted by Gasteiger charge is 2.14. The van der Waals surface area contributed by atoms with E-state index in [1.165, 1.54) is 18.2 Å². The first-order valence-corrected chi connectivity index (χ1v) is 12.5. The fourth-order valence-corrected chi connectivity index (χ4v) is 4.40. The number of thiocarbonyl (C=S) groups is 1. The minimum atomic E-state index is -0.460. The highest BCUT2D eigenvalue weighted by Crippen LogP contribution is 2.34. The van der Waals surface area contributed by atoms with Crippen LogP contribution >= 0.6 is 35.4 Å². The highest BCUT2D eigenvalue weighted by molar-refractivity contribution is 7.80. The molecule has 0 aliphatic heterocycles. The number of phenolic OH excluding ortho intramolecular Hbond substituents is 1. The molecular weight excluding hydrogens is 545 g/mol. The van der Waals surface area contributed by atoms with Crippen molar-refractivity contribution in [1.29, 1.82) is 0 Å². The van der Waals surface area contributed by atoms with Crippen molar-refractivity contribution < 1.29 is 18.7 Å². The van der Waals surface area contributed by atoms with Gasteiger partial charge in [-0.15, -0.1) is 0 Å². The van der Waals surface area contributed by atoms with Crippen molar-refractivity contribution in [3.63, 3.8) is 0 Å². The number of carbonyl (C=O) groups is 1. The van der Waals surface area contributed by atoms with Gasteiger partial charge >= 0.3 is 0 Å². The van der Waals surface area contributed by atoms with Gasteiger partial charge in [-0.25, -0.2) is 4.98 Å². The molecule has 190 valence electrons. The first-order chi connectivity index (χ1) is 18.2. The van der Waals surface area contributed by atoms with Gasteiger partial charge < -0.3 is 19.3 Å². The lowest BCUT2D eigenvalue weighted by molar-refractivity contribution is -0.115. The monoisotopic (exact) mass is 563 g/mol. The molecule has 0 atom stereocenters. The lowest BCUT2D eigenvalue weighted by atomic mass is 10.1. The number of oxazole rings is 1. The molecule has 3 N–H and O–H groups in total. The van der Waals surface area contributed by atoms with Gasteiger partial charge in [0.15, 0.2) is 10.7 Å². The van der Waals surface area contributed by atoms with E-state index in [0.29, 0.717) is 49.5 Å². The topological polar surface area (TPSA) is 101 Å². The van der Waals surface area contributed by atoms with Gasteiger partial charge in [-0.05, 0) is 91.4 Å². The fraction of sp³-hybridized carbons (Fsp3) is 0.0357. The Kier molecular flexibility index (Phi) is 7.20. The molecule has 1 amide bonds. The van der Waals surface area contributed by atoms with E-state index in [9.17, 15) is 9.90 Å². The molecule has 2 heterocycles. The third kappa shape index (κ3) is 5.73. The third-order valence-electron chi connectivity index (χ3n) is 5.49. The molecule has 7 nitrogen and oxygen atoms in total. The van der Waals surface area contributed by atoms with Crippen LogP contribution in [0.25, 0.3) is 40.0 Å². The van der Waals surface area contributed by atoms with E-state index >= 15 is 0 Å². The number of furan rings is 1. The molecule has 0 saturated carbocycles. The van der Waals surface area contributed by atoms with Gasteiger partial charge in [0, 0.05) is 22.3 Å². The van der Waals surface area contributed by atoms with Crippen LogP contribution < -0.4 is 10.6 Å². The predicted octanol–water partition coefficient (Wildman–Crippen LogP) is 7.60. The van der Waals surface area contributed by atoms with E-state index in [2.05, 4.69) is 15.6 Å². The Labute approximate surface area is 232 Å². The number of carbonyl (C=O) groups excluding carboxylic acids is 1. The van der Waals surface area contributed by atoms with Crippen LogP contribution in [-0.4, -0.2) is 21.1 Å². The Hall–Kier alpha value is -4.11. The van der Waals surface area contributed by atoms with Crippen molar-refractivity contribution in [2.75, 3.05) is 5.32 Å². The number of nitrogens with one attached hydrogen (secondary N) is 2. The van der Waals surface area contributed by atoms with Crippen molar-refractivity contribution >= 4 is 69.3 Å². The van der Waals surface area contributed by atoms with E-state index in [4.69, 9.17) is 44.3 Å². The zero-order valence-corrected chi connectivity index (χ0v) is 22.1. The molecule has 0 saturated heterocycles. The Bertz CT molecular complexity index is 1720. The molecule has 0 unspecified atom stereocenters. The third-order valence-corrected chi connectivity index (χ3v) is 6.24. The van der Waals surface area contributed by atoms with Crippen molar-refractivity contribution in [3.05, 3.63) is 94.2 Å². The number of aromatic nitrogens is 1. The molecule has 3 aromatic carbocycles. The van der Waals surface area contributed by atoms with Crippen LogP contribution in [0.5, 0.6) is 5.75 Å². The van der Waals surface area contributed by atoms with Gasteiger partial charge in [0.05, 0.1) is 10.6 Å². The summed E-state index contributed by atoms with van der Waals surface area (Å²) in [5.41, 5.74) is 3.93. The molecule has 5 aromatic rings. The number of hydrogen-bond acceptors (Lipinski definition) is 6. The molecule has 0 bridgehead atoms. The normalized spacial score (nSPS) is 11.2. The molecule has 0 radical (unpaired) electrons. The Morgan fingerprint density at radius 1 is 1.00 bits per heavy atom. The molecule has 5 rings (SSSR count). The number of anilines is 1. The molecule has 38 heavy (non-hydrogen) atoms. The van der Waals surface area contributed by atoms with Gasteiger partial charge in [-0.2, -0.15) is 0 Å². The molecule has 0 aliphatic rings. The quantitative estimate of drug-likeness (QED) is 0.115. The van der Waals surface area contributed by atoms with Crippen LogP contribution in [0.4, 0.5) is 5.69 Å². The summed E-state index contributed by atoms with van der Waals surface area (Å²) < 4.78 is 11.6. The first kappa shape index (κ1) is 25.5. The summed E-state index contributed by atoms with van der Waals surface area (Å²) in [6, 6.07) is 19.0. The number of aryl methyl sites for hydroxylation is 1. The van der Waals surface area contributed by atoms with Gasteiger partial charge in [0.2, 0.25) is 11.8 Å². The highest BCUT2D eigenvalue weighted by atomic mass is 35.5. The summed E-state index contributed by atoms with van der Waals surface area (Å²) >= 11 is 17.4. The maximum Gasteiger partial charge on any atom is 0.250 e. The standard InChI is InChI=1S/C28H19Cl2N3O4S/c1-15-2-8-22-25(12-15)37-27(32-22)20-14-17(4-9-23(20)34)31-28(38)33-26(35)11-6-18-5-10-24(36-18)19-7-3-16(29)13-21(19)30/h2-14,34H,1H3,(H2,31,33,35,38)/b11-6+. The number of aromatic hydroxyl groups is 1. The van der Waals surface area contributed by atoms with Gasteiger partial charge in [0.1, 0.15) is 22.8 Å². The van der Waals surface area contributed by atoms with Gasteiger partial charge in [-0.3, -0.25) is 10.1 Å². The number of fused-ring (bicyclic) bond motifs is 1. The Morgan fingerprint density at radius 3 is 2.66 bits per heavy atom. The second-order valence-corrected chi connectivity index (χ2v) is 9.58. The molecule has 0 fully saturated rings. The lowest BCUT2D eigenvalue weighted by Gasteiger charge is -2.10. The van der Waals surface area contributed by atoms with Crippen LogP contribution in [0.1, 0.15) is 11.3 Å². The molecule has 2 aromatic heterocycles. The summed E-state index contributed by atoms with van der Waals surface area (Å²) in [6.07, 6.45) is 2.81. The minimum Gasteiger partial charge on any atom is -0.507 e. The summed E-state index contributed by atoms with van der Waals surface area (Å²) in [7, 11) is 0. The summed E-state index contributed by atoms with van der Waals surface area (Å²) in [5.74, 6) is 0.799. The predicted molar refractivity (Wildman–Crippen MR) is 153 cm³/mol. The van der Waals surface area contributed by atoms with Crippen molar-refractivity contribution in [1.82, 2.24) is 10.3 Å². The number of phenols is 1. The van der Waals surface area contributed by atoms with Crippen molar-refractivity contribution in [2.45, 2.75) is 6.92 Å². The van der Waals surface area contributed by atoms with Crippen LogP contribution in [0.2, 0.25) is 10.0 Å². The maximum atomic E-state index is 12.4. The molecule has 0 spiro atoms. The number of benzene rings is 3. The number of rotatable bonds is 5.